The van der Waals surface area contributed by atoms with Crippen molar-refractivity contribution in [2.24, 2.45) is 5.92 Å². The maximum absolute atomic E-state index is 12.5. The number of carbonyl (C=O) groups excluding carboxylic acids is 1. The molecule has 254 valence electrons. The molecule has 12 nitrogen and oxygen atoms in total. The highest BCUT2D eigenvalue weighted by Crippen LogP contribution is 2.25. The number of aliphatic hydroxyl groups is 7. The third-order valence-electron chi connectivity index (χ3n) is 8.65. The lowest BCUT2D eigenvalue weighted by atomic mass is 9.95. The van der Waals surface area contributed by atoms with Gasteiger partial charge in [-0.25, -0.2) is 0 Å². The molecule has 2 fully saturated rings. The molecule has 0 aliphatic carbocycles. The van der Waals surface area contributed by atoms with Crippen molar-refractivity contribution in [3.05, 3.63) is 0 Å². The van der Waals surface area contributed by atoms with Crippen molar-refractivity contribution < 1.29 is 59.5 Å². The summed E-state index contributed by atoms with van der Waals surface area (Å²) in [6.45, 7) is 2.59. The van der Waals surface area contributed by atoms with E-state index in [1.807, 2.05) is 0 Å². The van der Waals surface area contributed by atoms with Gasteiger partial charge >= 0.3 is 5.97 Å². The van der Waals surface area contributed by atoms with Gasteiger partial charge < -0.3 is 54.7 Å². The summed E-state index contributed by atoms with van der Waals surface area (Å²) < 4.78 is 21.9. The molecule has 0 amide bonds. The quantitative estimate of drug-likeness (QED) is 0.0709. The van der Waals surface area contributed by atoms with Crippen LogP contribution in [-0.4, -0.2) is 129 Å². The molecule has 0 spiro atoms. The molecule has 0 aromatic rings. The Labute approximate surface area is 256 Å². The molecule has 12 heteroatoms. The summed E-state index contributed by atoms with van der Waals surface area (Å²) in [4.78, 5) is 12.5. The summed E-state index contributed by atoms with van der Waals surface area (Å²) in [5.74, 6) is -0.744. The van der Waals surface area contributed by atoms with Crippen LogP contribution in [0.25, 0.3) is 0 Å². The van der Waals surface area contributed by atoms with E-state index in [2.05, 4.69) is 6.92 Å². The Morgan fingerprint density at radius 2 is 1.00 bits per heavy atom. The first-order valence-electron chi connectivity index (χ1n) is 16.4. The molecule has 43 heavy (non-hydrogen) atoms. The molecule has 2 heterocycles. The minimum absolute atomic E-state index is 0.275. The van der Waals surface area contributed by atoms with Crippen LogP contribution in [0.4, 0.5) is 0 Å². The van der Waals surface area contributed by atoms with Gasteiger partial charge in [-0.05, 0) is 6.42 Å². The van der Waals surface area contributed by atoms with Crippen LogP contribution in [-0.2, 0) is 23.7 Å². The van der Waals surface area contributed by atoms with E-state index in [9.17, 15) is 40.5 Å². The van der Waals surface area contributed by atoms with Gasteiger partial charge in [-0.1, -0.05) is 90.9 Å². The Bertz CT molecular complexity index is 740. The number of unbranched alkanes of at least 4 members (excludes halogenated alkanes) is 11. The van der Waals surface area contributed by atoms with Crippen LogP contribution in [0.1, 0.15) is 97.3 Å². The summed E-state index contributed by atoms with van der Waals surface area (Å²) in [6, 6.07) is 0. The zero-order valence-electron chi connectivity index (χ0n) is 26.0. The normalized spacial score (nSPS) is 33.8. The SMILES string of the molecule is CCCCCCCCCCCCCCC(C)C(=O)OCC1O[C@@H](COC[C@H]2OC(CO)[C@@H](O)[C@@H](O)C2O)[C@H](O)C(O)[C@H]1O. The molecule has 0 saturated carbocycles. The highest BCUT2D eigenvalue weighted by molar-refractivity contribution is 5.71. The van der Waals surface area contributed by atoms with Crippen LogP contribution in [0.5, 0.6) is 0 Å². The van der Waals surface area contributed by atoms with Gasteiger partial charge in [-0.15, -0.1) is 0 Å². The van der Waals surface area contributed by atoms with Crippen molar-refractivity contribution in [2.45, 2.75) is 158 Å². The lowest BCUT2D eigenvalue weighted by Gasteiger charge is -2.41. The monoisotopic (exact) mass is 622 g/mol. The minimum atomic E-state index is -1.57. The Morgan fingerprint density at radius 1 is 0.605 bits per heavy atom. The molecular weight excluding hydrogens is 564 g/mol. The predicted octanol–water partition coefficient (Wildman–Crippen LogP) is 0.966. The van der Waals surface area contributed by atoms with Gasteiger partial charge in [0, 0.05) is 0 Å². The molecular formula is C31H58O12. The minimum Gasteiger partial charge on any atom is -0.463 e. The topological polar surface area (TPSA) is 196 Å². The lowest BCUT2D eigenvalue weighted by molar-refractivity contribution is -0.255. The van der Waals surface area contributed by atoms with Crippen molar-refractivity contribution in [3.63, 3.8) is 0 Å². The lowest BCUT2D eigenvalue weighted by Crippen LogP contribution is -2.61. The average molecular weight is 623 g/mol. The second kappa shape index (κ2) is 21.0. The van der Waals surface area contributed by atoms with E-state index < -0.39 is 73.6 Å². The predicted molar refractivity (Wildman–Crippen MR) is 157 cm³/mol. The molecule has 0 aromatic heterocycles. The summed E-state index contributed by atoms with van der Waals surface area (Å²) in [7, 11) is 0. The van der Waals surface area contributed by atoms with Crippen molar-refractivity contribution >= 4 is 5.97 Å². The van der Waals surface area contributed by atoms with E-state index in [1.165, 1.54) is 57.8 Å². The third-order valence-corrected chi connectivity index (χ3v) is 8.65. The van der Waals surface area contributed by atoms with Crippen LogP contribution >= 0.6 is 0 Å². The van der Waals surface area contributed by atoms with E-state index in [4.69, 9.17) is 18.9 Å². The van der Waals surface area contributed by atoms with Gasteiger partial charge in [0.1, 0.15) is 67.6 Å². The Morgan fingerprint density at radius 3 is 1.47 bits per heavy atom. The average Bonchev–Trinajstić information content (AvgIpc) is 3.00. The van der Waals surface area contributed by atoms with Gasteiger partial charge in [0.25, 0.3) is 0 Å². The van der Waals surface area contributed by atoms with Crippen LogP contribution in [0.3, 0.4) is 0 Å². The zero-order valence-corrected chi connectivity index (χ0v) is 26.0. The van der Waals surface area contributed by atoms with Crippen molar-refractivity contribution in [1.29, 1.82) is 0 Å². The summed E-state index contributed by atoms with van der Waals surface area (Å²) in [5.41, 5.74) is 0. The molecule has 2 aliphatic heterocycles. The number of esters is 1. The first-order chi connectivity index (χ1) is 20.6. The highest BCUT2D eigenvalue weighted by Gasteiger charge is 2.46. The van der Waals surface area contributed by atoms with Crippen molar-refractivity contribution in [2.75, 3.05) is 26.4 Å². The summed E-state index contributed by atoms with van der Waals surface area (Å²) >= 11 is 0. The van der Waals surface area contributed by atoms with E-state index in [1.54, 1.807) is 6.92 Å². The molecule has 7 N–H and O–H groups in total. The molecule has 5 unspecified atom stereocenters. The van der Waals surface area contributed by atoms with Gasteiger partial charge in [0.15, 0.2) is 0 Å². The second-order valence-electron chi connectivity index (χ2n) is 12.3. The van der Waals surface area contributed by atoms with E-state index in [0.717, 1.165) is 19.3 Å². The summed E-state index contributed by atoms with van der Waals surface area (Å²) in [6.07, 6.45) is 2.14. The van der Waals surface area contributed by atoms with Crippen molar-refractivity contribution in [1.82, 2.24) is 0 Å². The number of rotatable bonds is 21. The van der Waals surface area contributed by atoms with Gasteiger partial charge in [-0.3, -0.25) is 4.79 Å². The fourth-order valence-corrected chi connectivity index (χ4v) is 5.64. The smallest absolute Gasteiger partial charge is 0.308 e. The number of hydrogen-bond acceptors (Lipinski definition) is 12. The van der Waals surface area contributed by atoms with Crippen LogP contribution in [0.2, 0.25) is 0 Å². The van der Waals surface area contributed by atoms with Crippen LogP contribution in [0, 0.1) is 5.92 Å². The summed E-state index contributed by atoms with van der Waals surface area (Å²) in [5, 5.41) is 70.4. The van der Waals surface area contributed by atoms with E-state index in [0.29, 0.717) is 6.42 Å². The van der Waals surface area contributed by atoms with Crippen molar-refractivity contribution in [3.8, 4) is 0 Å². The molecule has 0 aromatic carbocycles. The van der Waals surface area contributed by atoms with E-state index >= 15 is 0 Å². The standard InChI is InChI=1S/C31H58O12/c1-3-4-5-6-7-8-9-10-11-12-13-14-15-20(2)31(39)41-19-24-28(36)30(38)27(35)23(43-24)18-40-17-22-26(34)29(37)25(33)21(16-32)42-22/h20-30,32-38H,3-19H2,1-2H3/t20?,21?,22-,23+,24?,25-,26?,27+,28+,29-,30?/m1/s1. The molecule has 11 atom stereocenters. The van der Waals surface area contributed by atoms with Crippen LogP contribution < -0.4 is 0 Å². The highest BCUT2D eigenvalue weighted by atomic mass is 16.6. The number of aliphatic hydroxyl groups excluding tert-OH is 7. The number of ether oxygens (including phenoxy) is 4. The zero-order chi connectivity index (χ0) is 31.8. The first kappa shape index (κ1) is 38.3. The molecule has 0 radical (unpaired) electrons. The number of carbonyl (C=O) groups is 1. The Balaban J connectivity index is 1.65. The molecule has 2 aliphatic rings. The third kappa shape index (κ3) is 12.8. The second-order valence-corrected chi connectivity index (χ2v) is 12.3. The number of hydrogen-bond donors (Lipinski definition) is 7. The van der Waals surface area contributed by atoms with Gasteiger partial charge in [-0.2, -0.15) is 0 Å². The van der Waals surface area contributed by atoms with Gasteiger partial charge in [0.05, 0.1) is 25.7 Å². The largest absolute Gasteiger partial charge is 0.463 e. The molecule has 2 saturated heterocycles. The first-order valence-corrected chi connectivity index (χ1v) is 16.4. The maximum atomic E-state index is 12.5. The molecule has 0 bridgehead atoms. The molecule has 2 rings (SSSR count). The maximum Gasteiger partial charge on any atom is 0.308 e. The fourth-order valence-electron chi connectivity index (χ4n) is 5.64. The van der Waals surface area contributed by atoms with E-state index in [-0.39, 0.29) is 25.7 Å². The fraction of sp³-hybridized carbons (Fsp3) is 0.968. The Kier molecular flexibility index (Phi) is 18.7. The van der Waals surface area contributed by atoms with Gasteiger partial charge in [0.2, 0.25) is 0 Å². The Hall–Kier alpha value is -0.930. The van der Waals surface area contributed by atoms with Crippen LogP contribution in [0.15, 0.2) is 0 Å².